The van der Waals surface area contributed by atoms with Crippen molar-refractivity contribution < 1.29 is 27.2 Å². The number of carbonyl (C=O) groups is 2. The first-order valence-corrected chi connectivity index (χ1v) is 11.7. The number of benzene rings is 1. The SMILES string of the molecule is N#CC1=C(C(F)(F)F)CC=C(N2C(=O)C3(CCC3)N(c3ccc(C(=O)NC4CC4)c(F)c3)C2=S)C=N1. The van der Waals surface area contributed by atoms with E-state index in [0.717, 1.165) is 36.1 Å². The topological polar surface area (TPSA) is 88.8 Å². The number of anilines is 1. The maximum atomic E-state index is 15.0. The third kappa shape index (κ3) is 3.87. The van der Waals surface area contributed by atoms with Gasteiger partial charge in [-0.05, 0) is 62.5 Å². The molecule has 4 aliphatic rings. The van der Waals surface area contributed by atoms with Crippen LogP contribution in [-0.4, -0.2) is 45.8 Å². The van der Waals surface area contributed by atoms with E-state index in [-0.39, 0.29) is 28.1 Å². The molecule has 5 rings (SSSR count). The molecule has 1 spiro atoms. The molecule has 1 saturated heterocycles. The zero-order valence-electron chi connectivity index (χ0n) is 18.7. The molecule has 2 aliphatic heterocycles. The maximum Gasteiger partial charge on any atom is 0.415 e. The lowest BCUT2D eigenvalue weighted by molar-refractivity contribution is -0.131. The number of nitrogens with zero attached hydrogens (tertiary/aromatic N) is 4. The fraction of sp³-hybridized carbons (Fsp3) is 0.375. The Bertz CT molecular complexity index is 1320. The largest absolute Gasteiger partial charge is 0.415 e. The van der Waals surface area contributed by atoms with Crippen molar-refractivity contribution in [2.24, 2.45) is 4.99 Å². The molecule has 2 heterocycles. The monoisotopic (exact) mass is 517 g/mol. The number of rotatable bonds is 4. The summed E-state index contributed by atoms with van der Waals surface area (Å²) in [7, 11) is 0. The number of halogens is 4. The Morgan fingerprint density at radius 1 is 1.28 bits per heavy atom. The van der Waals surface area contributed by atoms with E-state index < -0.39 is 47.0 Å². The minimum absolute atomic E-state index is 0.00618. The molecule has 36 heavy (non-hydrogen) atoms. The number of hydrogen-bond donors (Lipinski definition) is 1. The summed E-state index contributed by atoms with van der Waals surface area (Å²) in [5, 5.41) is 11.8. The quantitative estimate of drug-likeness (QED) is 0.476. The van der Waals surface area contributed by atoms with Crippen LogP contribution in [0.3, 0.4) is 0 Å². The number of nitrogens with one attached hydrogen (secondary N) is 1. The van der Waals surface area contributed by atoms with Gasteiger partial charge < -0.3 is 10.2 Å². The van der Waals surface area contributed by atoms with Crippen molar-refractivity contribution in [1.29, 1.82) is 5.26 Å². The summed E-state index contributed by atoms with van der Waals surface area (Å²) < 4.78 is 55.2. The van der Waals surface area contributed by atoms with Crippen molar-refractivity contribution in [3.63, 3.8) is 0 Å². The van der Waals surface area contributed by atoms with Crippen molar-refractivity contribution in [1.82, 2.24) is 10.2 Å². The summed E-state index contributed by atoms with van der Waals surface area (Å²) >= 11 is 5.57. The van der Waals surface area contributed by atoms with Crippen LogP contribution in [-0.2, 0) is 4.79 Å². The molecular weight excluding hydrogens is 498 g/mol. The Hall–Kier alpha value is -3.59. The number of aliphatic imine (C=N–C) groups is 1. The lowest BCUT2D eigenvalue weighted by Gasteiger charge is -2.43. The minimum atomic E-state index is -4.77. The van der Waals surface area contributed by atoms with Gasteiger partial charge in [-0.3, -0.25) is 14.5 Å². The van der Waals surface area contributed by atoms with E-state index in [0.29, 0.717) is 19.3 Å². The van der Waals surface area contributed by atoms with Gasteiger partial charge in [0, 0.05) is 18.2 Å². The molecule has 2 aliphatic carbocycles. The Morgan fingerprint density at radius 2 is 2.00 bits per heavy atom. The average Bonchev–Trinajstić information content (AvgIpc) is 3.58. The summed E-state index contributed by atoms with van der Waals surface area (Å²) in [6, 6.07) is 5.47. The van der Waals surface area contributed by atoms with Gasteiger partial charge in [-0.25, -0.2) is 9.38 Å². The van der Waals surface area contributed by atoms with Gasteiger partial charge in [0.1, 0.15) is 23.1 Å². The van der Waals surface area contributed by atoms with Crippen molar-refractivity contribution in [2.45, 2.75) is 56.3 Å². The molecule has 1 aromatic rings. The van der Waals surface area contributed by atoms with Crippen molar-refractivity contribution >= 4 is 41.0 Å². The van der Waals surface area contributed by atoms with Gasteiger partial charge in [0.2, 0.25) is 0 Å². The van der Waals surface area contributed by atoms with E-state index in [1.54, 1.807) is 0 Å². The molecule has 0 atom stereocenters. The zero-order valence-corrected chi connectivity index (χ0v) is 19.5. The van der Waals surface area contributed by atoms with Crippen LogP contribution < -0.4 is 10.2 Å². The molecule has 0 radical (unpaired) electrons. The van der Waals surface area contributed by atoms with Gasteiger partial charge in [0.25, 0.3) is 11.8 Å². The van der Waals surface area contributed by atoms with Crippen molar-refractivity contribution in [2.75, 3.05) is 4.90 Å². The van der Waals surface area contributed by atoms with Crippen LogP contribution in [0, 0.1) is 17.1 Å². The molecular formula is C24H19F4N5O2S. The van der Waals surface area contributed by atoms with Crippen molar-refractivity contribution in [3.05, 3.63) is 52.6 Å². The Balaban J connectivity index is 1.48. The van der Waals surface area contributed by atoms with Gasteiger partial charge >= 0.3 is 6.18 Å². The van der Waals surface area contributed by atoms with Crippen LogP contribution in [0.4, 0.5) is 23.2 Å². The van der Waals surface area contributed by atoms with Crippen LogP contribution in [0.25, 0.3) is 0 Å². The summed E-state index contributed by atoms with van der Waals surface area (Å²) in [5.41, 5.74) is -2.88. The second-order valence-electron chi connectivity index (χ2n) is 9.08. The number of carbonyl (C=O) groups excluding carboxylic acids is 2. The van der Waals surface area contributed by atoms with E-state index in [9.17, 15) is 27.2 Å². The maximum absolute atomic E-state index is 15.0. The fourth-order valence-electron chi connectivity index (χ4n) is 4.59. The highest BCUT2D eigenvalue weighted by molar-refractivity contribution is 7.80. The predicted molar refractivity (Wildman–Crippen MR) is 125 cm³/mol. The summed E-state index contributed by atoms with van der Waals surface area (Å²) in [4.78, 5) is 32.2. The lowest BCUT2D eigenvalue weighted by Crippen LogP contribution is -2.55. The van der Waals surface area contributed by atoms with E-state index in [2.05, 4.69) is 10.3 Å². The minimum Gasteiger partial charge on any atom is -0.349 e. The standard InChI is InChI=1S/C24H19F4N5O2S/c25-18-10-14(4-6-16(18)20(34)31-13-2-3-13)33-22(36)32(21(35)23(33)8-1-9-23)15-5-7-17(24(26,27)28)19(11-29)30-12-15/h4-6,10,12-13H,1-3,7-9H2,(H,31,34). The van der Waals surface area contributed by atoms with E-state index >= 15 is 0 Å². The van der Waals surface area contributed by atoms with Gasteiger partial charge in [-0.1, -0.05) is 6.08 Å². The predicted octanol–water partition coefficient (Wildman–Crippen LogP) is 4.27. The third-order valence-electron chi connectivity index (χ3n) is 6.79. The highest BCUT2D eigenvalue weighted by atomic mass is 32.1. The first kappa shape index (κ1) is 24.1. The summed E-state index contributed by atoms with van der Waals surface area (Å²) in [6.07, 6.45) is -0.0368. The molecule has 0 aromatic heterocycles. The van der Waals surface area contributed by atoms with Crippen LogP contribution in [0.1, 0.15) is 48.9 Å². The smallest absolute Gasteiger partial charge is 0.349 e. The number of alkyl halides is 3. The van der Waals surface area contributed by atoms with Gasteiger partial charge in [-0.15, -0.1) is 0 Å². The normalized spacial score (nSPS) is 21.4. The first-order chi connectivity index (χ1) is 17.1. The molecule has 12 heteroatoms. The summed E-state index contributed by atoms with van der Waals surface area (Å²) in [6.45, 7) is 0. The average molecular weight is 518 g/mol. The molecule has 1 aromatic carbocycles. The second-order valence-corrected chi connectivity index (χ2v) is 9.45. The molecule has 7 nitrogen and oxygen atoms in total. The summed E-state index contributed by atoms with van der Waals surface area (Å²) in [5.74, 6) is -1.76. The highest BCUT2D eigenvalue weighted by Gasteiger charge is 2.60. The van der Waals surface area contributed by atoms with Crippen LogP contribution in [0.2, 0.25) is 0 Å². The molecule has 0 bridgehead atoms. The molecule has 0 unspecified atom stereocenters. The van der Waals surface area contributed by atoms with Gasteiger partial charge in [0.15, 0.2) is 5.11 Å². The Kier molecular flexibility index (Phi) is 5.70. The fourth-order valence-corrected chi connectivity index (χ4v) is 5.05. The molecule has 186 valence electrons. The number of allylic oxidation sites excluding steroid dienone is 4. The van der Waals surface area contributed by atoms with Gasteiger partial charge in [0.05, 0.1) is 23.0 Å². The Labute approximate surface area is 208 Å². The van der Waals surface area contributed by atoms with Crippen LogP contribution >= 0.6 is 12.2 Å². The number of nitriles is 1. The zero-order chi connectivity index (χ0) is 25.8. The van der Waals surface area contributed by atoms with Crippen LogP contribution in [0.5, 0.6) is 0 Å². The number of amides is 2. The Morgan fingerprint density at radius 3 is 2.56 bits per heavy atom. The number of hydrogen-bond acceptors (Lipinski definition) is 5. The van der Waals surface area contributed by atoms with E-state index in [1.165, 1.54) is 23.1 Å². The van der Waals surface area contributed by atoms with Crippen LogP contribution in [0.15, 0.2) is 46.2 Å². The molecule has 2 amide bonds. The number of thiocarbonyl (C=S) groups is 1. The van der Waals surface area contributed by atoms with Gasteiger partial charge in [-0.2, -0.15) is 18.4 Å². The third-order valence-corrected chi connectivity index (χ3v) is 7.16. The molecule has 1 N–H and O–H groups in total. The first-order valence-electron chi connectivity index (χ1n) is 11.3. The van der Waals surface area contributed by atoms with E-state index in [1.807, 2.05) is 0 Å². The molecule has 3 fully saturated rings. The lowest BCUT2D eigenvalue weighted by atomic mass is 9.75. The van der Waals surface area contributed by atoms with E-state index in [4.69, 9.17) is 17.5 Å². The molecule has 2 saturated carbocycles. The van der Waals surface area contributed by atoms with Crippen molar-refractivity contribution in [3.8, 4) is 6.07 Å². The second kappa shape index (κ2) is 8.51. The highest BCUT2D eigenvalue weighted by Crippen LogP contribution is 2.48.